The van der Waals surface area contributed by atoms with E-state index < -0.39 is 0 Å². The molecule has 0 aromatic heterocycles. The van der Waals surface area contributed by atoms with Gasteiger partial charge in [0.1, 0.15) is 0 Å². The van der Waals surface area contributed by atoms with Crippen molar-refractivity contribution in [3.05, 3.63) is 0 Å². The lowest BCUT2D eigenvalue weighted by molar-refractivity contribution is 0.154. The minimum Gasteiger partial charge on any atom is -0.311 e. The number of rotatable bonds is 4. The lowest BCUT2D eigenvalue weighted by Crippen LogP contribution is -2.48. The summed E-state index contributed by atoms with van der Waals surface area (Å²) in [6.07, 6.45) is 2.63. The van der Waals surface area contributed by atoms with E-state index in [2.05, 4.69) is 44.8 Å². The molecule has 1 N–H and O–H groups in total. The van der Waals surface area contributed by atoms with Crippen LogP contribution in [-0.4, -0.2) is 36.1 Å². The second kappa shape index (κ2) is 5.86. The zero-order valence-corrected chi connectivity index (χ0v) is 11.1. The number of nitrogens with one attached hydrogen (secondary N) is 1. The molecule has 1 aliphatic heterocycles. The van der Waals surface area contributed by atoms with Gasteiger partial charge in [0.05, 0.1) is 0 Å². The molecule has 0 aromatic carbocycles. The predicted octanol–water partition coefficient (Wildman–Crippen LogP) is 2.49. The molecule has 0 spiro atoms. The Morgan fingerprint density at radius 1 is 1.00 bits per heavy atom. The molecule has 0 saturated carbocycles. The monoisotopic (exact) mass is 212 g/mol. The van der Waals surface area contributed by atoms with Gasteiger partial charge in [0, 0.05) is 18.1 Å². The van der Waals surface area contributed by atoms with Gasteiger partial charge in [0.2, 0.25) is 0 Å². The Bertz CT molecular complexity index is 169. The van der Waals surface area contributed by atoms with Crippen LogP contribution in [0.5, 0.6) is 0 Å². The maximum atomic E-state index is 3.75. The fourth-order valence-electron chi connectivity index (χ4n) is 2.15. The first-order chi connectivity index (χ1) is 7.00. The zero-order chi connectivity index (χ0) is 11.4. The molecule has 1 atom stereocenters. The predicted molar refractivity (Wildman–Crippen MR) is 67.2 cm³/mol. The molecule has 1 heterocycles. The number of piperidine rings is 1. The van der Waals surface area contributed by atoms with Gasteiger partial charge in [0.15, 0.2) is 0 Å². The first-order valence-corrected chi connectivity index (χ1v) is 6.50. The van der Waals surface area contributed by atoms with Crippen molar-refractivity contribution in [2.45, 2.75) is 65.6 Å². The molecule has 0 aromatic rings. The van der Waals surface area contributed by atoms with Gasteiger partial charge in [0.25, 0.3) is 0 Å². The minimum atomic E-state index is 0.653. The lowest BCUT2D eigenvalue weighted by Gasteiger charge is -2.36. The van der Waals surface area contributed by atoms with Crippen LogP contribution in [0.3, 0.4) is 0 Å². The molecule has 2 nitrogen and oxygen atoms in total. The maximum absolute atomic E-state index is 3.75. The topological polar surface area (TPSA) is 15.3 Å². The molecular weight excluding hydrogens is 184 g/mol. The molecule has 1 rings (SSSR count). The number of nitrogens with zero attached hydrogens (tertiary/aromatic N) is 1. The van der Waals surface area contributed by atoms with Crippen LogP contribution in [0, 0.1) is 5.92 Å². The average molecular weight is 212 g/mol. The number of hydrogen-bond donors (Lipinski definition) is 1. The van der Waals surface area contributed by atoms with E-state index in [1.165, 1.54) is 25.9 Å². The highest BCUT2D eigenvalue weighted by molar-refractivity contribution is 4.81. The number of hydrogen-bond acceptors (Lipinski definition) is 2. The summed E-state index contributed by atoms with van der Waals surface area (Å²) in [5.74, 6) is 0.744. The molecule has 1 aliphatic rings. The molecule has 0 amide bonds. The van der Waals surface area contributed by atoms with Crippen molar-refractivity contribution in [1.82, 2.24) is 10.2 Å². The maximum Gasteiger partial charge on any atom is 0.00940 e. The highest BCUT2D eigenvalue weighted by Crippen LogP contribution is 2.14. The van der Waals surface area contributed by atoms with Gasteiger partial charge >= 0.3 is 0 Å². The minimum absolute atomic E-state index is 0.653. The van der Waals surface area contributed by atoms with E-state index in [1.807, 2.05) is 0 Å². The van der Waals surface area contributed by atoms with Crippen molar-refractivity contribution >= 4 is 0 Å². The Hall–Kier alpha value is -0.0800. The quantitative estimate of drug-likeness (QED) is 0.770. The molecule has 0 radical (unpaired) electrons. The van der Waals surface area contributed by atoms with Crippen LogP contribution in [0.1, 0.15) is 47.5 Å². The second-order valence-electron chi connectivity index (χ2n) is 5.60. The molecule has 1 unspecified atom stereocenters. The van der Waals surface area contributed by atoms with Crippen molar-refractivity contribution in [3.8, 4) is 0 Å². The fourth-order valence-corrected chi connectivity index (χ4v) is 2.15. The normalized spacial score (nSPS) is 22.6. The lowest BCUT2D eigenvalue weighted by atomic mass is 9.99. The van der Waals surface area contributed by atoms with Crippen LogP contribution < -0.4 is 5.32 Å². The molecule has 15 heavy (non-hydrogen) atoms. The third-order valence-electron chi connectivity index (χ3n) is 3.76. The van der Waals surface area contributed by atoms with Crippen molar-refractivity contribution in [2.24, 2.45) is 5.92 Å². The van der Waals surface area contributed by atoms with E-state index in [1.54, 1.807) is 0 Å². The highest BCUT2D eigenvalue weighted by Gasteiger charge is 2.22. The van der Waals surface area contributed by atoms with E-state index in [4.69, 9.17) is 0 Å². The van der Waals surface area contributed by atoms with Gasteiger partial charge in [-0.1, -0.05) is 13.8 Å². The summed E-state index contributed by atoms with van der Waals surface area (Å²) >= 11 is 0. The summed E-state index contributed by atoms with van der Waals surface area (Å²) in [6.45, 7) is 14.0. The summed E-state index contributed by atoms with van der Waals surface area (Å²) in [5, 5.41) is 3.75. The van der Waals surface area contributed by atoms with Gasteiger partial charge in [-0.15, -0.1) is 0 Å². The summed E-state index contributed by atoms with van der Waals surface area (Å²) in [4.78, 5) is 2.58. The fraction of sp³-hybridized carbons (Fsp3) is 1.00. The molecule has 2 heteroatoms. The van der Waals surface area contributed by atoms with Crippen molar-refractivity contribution in [1.29, 1.82) is 0 Å². The smallest absolute Gasteiger partial charge is 0.00940 e. The first-order valence-electron chi connectivity index (χ1n) is 6.50. The van der Waals surface area contributed by atoms with Gasteiger partial charge in [-0.25, -0.2) is 0 Å². The molecule has 0 aliphatic carbocycles. The highest BCUT2D eigenvalue weighted by atomic mass is 15.2. The van der Waals surface area contributed by atoms with E-state index in [9.17, 15) is 0 Å². The Morgan fingerprint density at radius 3 is 1.93 bits per heavy atom. The Kier molecular flexibility index (Phi) is 5.07. The van der Waals surface area contributed by atoms with Crippen LogP contribution >= 0.6 is 0 Å². The first kappa shape index (κ1) is 13.0. The Morgan fingerprint density at radius 2 is 1.53 bits per heavy atom. The van der Waals surface area contributed by atoms with E-state index in [0.717, 1.165) is 12.0 Å². The van der Waals surface area contributed by atoms with Crippen molar-refractivity contribution in [2.75, 3.05) is 13.1 Å². The average Bonchev–Trinajstić information content (AvgIpc) is 2.18. The van der Waals surface area contributed by atoms with E-state index >= 15 is 0 Å². The zero-order valence-electron chi connectivity index (χ0n) is 11.1. The van der Waals surface area contributed by atoms with Gasteiger partial charge in [-0.05, 0) is 52.6 Å². The molecule has 90 valence electrons. The van der Waals surface area contributed by atoms with Crippen LogP contribution in [0.25, 0.3) is 0 Å². The molecule has 1 fully saturated rings. The SMILES string of the molecule is CC(C)C(C)NC1CCN(C(C)C)CC1. The molecule has 0 bridgehead atoms. The largest absolute Gasteiger partial charge is 0.311 e. The standard InChI is InChI=1S/C13H28N2/c1-10(2)12(5)14-13-6-8-15(9-7-13)11(3)4/h10-14H,6-9H2,1-5H3. The molecular formula is C13H28N2. The molecule has 1 saturated heterocycles. The third kappa shape index (κ3) is 4.12. The van der Waals surface area contributed by atoms with Gasteiger partial charge in [-0.2, -0.15) is 0 Å². The van der Waals surface area contributed by atoms with E-state index in [0.29, 0.717) is 12.1 Å². The van der Waals surface area contributed by atoms with Crippen LogP contribution in [0.15, 0.2) is 0 Å². The Labute approximate surface area is 95.4 Å². The van der Waals surface area contributed by atoms with Crippen LogP contribution in [0.2, 0.25) is 0 Å². The summed E-state index contributed by atoms with van der Waals surface area (Å²) < 4.78 is 0. The summed E-state index contributed by atoms with van der Waals surface area (Å²) in [5.41, 5.74) is 0. The van der Waals surface area contributed by atoms with Gasteiger partial charge < -0.3 is 10.2 Å². The Balaban J connectivity index is 2.25. The van der Waals surface area contributed by atoms with Crippen molar-refractivity contribution < 1.29 is 0 Å². The summed E-state index contributed by atoms with van der Waals surface area (Å²) in [6, 6.07) is 2.12. The number of likely N-dealkylation sites (tertiary alicyclic amines) is 1. The van der Waals surface area contributed by atoms with E-state index in [-0.39, 0.29) is 0 Å². The van der Waals surface area contributed by atoms with Crippen LogP contribution in [-0.2, 0) is 0 Å². The summed E-state index contributed by atoms with van der Waals surface area (Å²) in [7, 11) is 0. The second-order valence-corrected chi connectivity index (χ2v) is 5.60. The third-order valence-corrected chi connectivity index (χ3v) is 3.76. The van der Waals surface area contributed by atoms with Crippen LogP contribution in [0.4, 0.5) is 0 Å². The van der Waals surface area contributed by atoms with Crippen molar-refractivity contribution in [3.63, 3.8) is 0 Å². The van der Waals surface area contributed by atoms with Gasteiger partial charge in [-0.3, -0.25) is 0 Å².